The molecule has 0 aromatic carbocycles. The van der Waals surface area contributed by atoms with Crippen LogP contribution in [0, 0.1) is 0 Å². The molecule has 1 aromatic rings. The second-order valence-corrected chi connectivity index (χ2v) is 5.12. The van der Waals surface area contributed by atoms with Crippen LogP contribution in [0.15, 0.2) is 0 Å². The first-order valence-corrected chi connectivity index (χ1v) is 6.01. The van der Waals surface area contributed by atoms with Crippen LogP contribution in [-0.2, 0) is 23.2 Å². The van der Waals surface area contributed by atoms with Gasteiger partial charge in [0.05, 0.1) is 27.8 Å². The highest BCUT2D eigenvalue weighted by molar-refractivity contribution is 7.11. The molecule has 3 nitrogen and oxygen atoms in total. The summed E-state index contributed by atoms with van der Waals surface area (Å²) in [5, 5.41) is 11.0. The molecule has 0 unspecified atom stereocenters. The Morgan fingerprint density at radius 3 is 2.53 bits per heavy atom. The first kappa shape index (κ1) is 12.6. The van der Waals surface area contributed by atoms with Gasteiger partial charge in [0.25, 0.3) is 0 Å². The minimum absolute atomic E-state index is 0.683. The van der Waals surface area contributed by atoms with Crippen molar-refractivity contribution >= 4 is 11.3 Å². The maximum atomic E-state index is 9.98. The van der Waals surface area contributed by atoms with Crippen LogP contribution in [0.3, 0.4) is 0 Å². The second-order valence-electron chi connectivity index (χ2n) is 4.04. The van der Waals surface area contributed by atoms with Crippen LogP contribution in [0.1, 0.15) is 36.3 Å². The third-order valence-electron chi connectivity index (χ3n) is 2.15. The summed E-state index contributed by atoms with van der Waals surface area (Å²) >= 11 is 1.59. The standard InChI is InChI=1S/C11H19NO2S/c1-5-8-10(11(2,3)13)15-9(12-8)6-7-14-4/h13H,5-7H2,1-4H3. The van der Waals surface area contributed by atoms with Gasteiger partial charge in [-0.05, 0) is 20.3 Å². The molecule has 0 amide bonds. The molecule has 0 spiro atoms. The van der Waals surface area contributed by atoms with Crippen LogP contribution in [0.4, 0.5) is 0 Å². The fourth-order valence-corrected chi connectivity index (χ4v) is 2.55. The normalized spacial score (nSPS) is 12.1. The Bertz CT molecular complexity index is 315. The Kier molecular flexibility index (Phi) is 4.25. The van der Waals surface area contributed by atoms with Crippen LogP contribution in [0.5, 0.6) is 0 Å². The maximum Gasteiger partial charge on any atom is 0.0955 e. The zero-order chi connectivity index (χ0) is 11.5. The summed E-state index contributed by atoms with van der Waals surface area (Å²) in [5.74, 6) is 0. The number of hydrogen-bond acceptors (Lipinski definition) is 4. The van der Waals surface area contributed by atoms with Gasteiger partial charge < -0.3 is 9.84 Å². The number of aromatic nitrogens is 1. The number of rotatable bonds is 5. The smallest absolute Gasteiger partial charge is 0.0955 e. The molecule has 0 aliphatic heterocycles. The third kappa shape index (κ3) is 3.26. The van der Waals surface area contributed by atoms with E-state index in [2.05, 4.69) is 11.9 Å². The first-order chi connectivity index (χ1) is 6.99. The predicted octanol–water partition coefficient (Wildman–Crippen LogP) is 2.12. The number of aryl methyl sites for hydroxylation is 1. The van der Waals surface area contributed by atoms with Gasteiger partial charge in [0.1, 0.15) is 0 Å². The highest BCUT2D eigenvalue weighted by Crippen LogP contribution is 2.30. The molecule has 0 aliphatic rings. The summed E-state index contributed by atoms with van der Waals surface area (Å²) in [4.78, 5) is 5.49. The molecule has 0 radical (unpaired) electrons. The van der Waals surface area contributed by atoms with Gasteiger partial charge in [0, 0.05) is 13.5 Å². The number of ether oxygens (including phenoxy) is 1. The second kappa shape index (κ2) is 5.05. The molecular formula is C11H19NO2S. The van der Waals surface area contributed by atoms with Gasteiger partial charge in [-0.2, -0.15) is 0 Å². The van der Waals surface area contributed by atoms with Gasteiger partial charge in [-0.3, -0.25) is 0 Å². The van der Waals surface area contributed by atoms with Crippen LogP contribution in [-0.4, -0.2) is 23.8 Å². The van der Waals surface area contributed by atoms with E-state index < -0.39 is 5.60 Å². The molecule has 0 atom stereocenters. The molecule has 0 saturated heterocycles. The molecule has 0 saturated carbocycles. The Balaban J connectivity index is 2.90. The molecule has 4 heteroatoms. The zero-order valence-electron chi connectivity index (χ0n) is 9.83. The maximum absolute atomic E-state index is 9.98. The summed E-state index contributed by atoms with van der Waals surface area (Å²) in [7, 11) is 1.69. The van der Waals surface area contributed by atoms with E-state index >= 15 is 0 Å². The van der Waals surface area contributed by atoms with E-state index in [1.54, 1.807) is 32.3 Å². The van der Waals surface area contributed by atoms with Crippen molar-refractivity contribution < 1.29 is 9.84 Å². The van der Waals surface area contributed by atoms with E-state index in [1.165, 1.54) is 0 Å². The van der Waals surface area contributed by atoms with Crippen LogP contribution >= 0.6 is 11.3 Å². The summed E-state index contributed by atoms with van der Waals surface area (Å²) in [5.41, 5.74) is 0.229. The van der Waals surface area contributed by atoms with Crippen LogP contribution in [0.2, 0.25) is 0 Å². The van der Waals surface area contributed by atoms with E-state index in [0.29, 0.717) is 6.61 Å². The van der Waals surface area contributed by atoms with Crippen LogP contribution in [0.25, 0.3) is 0 Å². The Hall–Kier alpha value is -0.450. The van der Waals surface area contributed by atoms with Crippen molar-refractivity contribution in [3.05, 3.63) is 15.6 Å². The average Bonchev–Trinajstić information content (AvgIpc) is 2.57. The van der Waals surface area contributed by atoms with Gasteiger partial charge in [-0.15, -0.1) is 11.3 Å². The average molecular weight is 229 g/mol. The zero-order valence-corrected chi connectivity index (χ0v) is 10.6. The van der Waals surface area contributed by atoms with E-state index in [4.69, 9.17) is 4.74 Å². The van der Waals surface area contributed by atoms with Crippen molar-refractivity contribution in [2.45, 2.75) is 39.2 Å². The highest BCUT2D eigenvalue weighted by Gasteiger charge is 2.23. The molecule has 1 N–H and O–H groups in total. The molecule has 1 aromatic heterocycles. The van der Waals surface area contributed by atoms with Gasteiger partial charge in [-0.1, -0.05) is 6.92 Å². The molecule has 1 rings (SSSR count). The minimum atomic E-state index is -0.783. The van der Waals surface area contributed by atoms with Crippen LogP contribution < -0.4 is 0 Å². The molecule has 1 heterocycles. The fraction of sp³-hybridized carbons (Fsp3) is 0.727. The van der Waals surface area contributed by atoms with Crippen molar-refractivity contribution in [2.75, 3.05) is 13.7 Å². The van der Waals surface area contributed by atoms with Crippen molar-refractivity contribution in [1.29, 1.82) is 0 Å². The fourth-order valence-electron chi connectivity index (χ4n) is 1.41. The van der Waals surface area contributed by atoms with Gasteiger partial charge in [0.2, 0.25) is 0 Å². The SMILES string of the molecule is CCc1nc(CCOC)sc1C(C)(C)O. The van der Waals surface area contributed by atoms with Gasteiger partial charge in [-0.25, -0.2) is 4.98 Å². The predicted molar refractivity (Wildman–Crippen MR) is 62.3 cm³/mol. The summed E-state index contributed by atoms with van der Waals surface area (Å²) < 4.78 is 5.02. The lowest BCUT2D eigenvalue weighted by Gasteiger charge is -2.15. The Morgan fingerprint density at radius 2 is 2.13 bits per heavy atom. The molecule has 0 fully saturated rings. The molecule has 86 valence electrons. The molecule has 15 heavy (non-hydrogen) atoms. The molecule has 0 aliphatic carbocycles. The topological polar surface area (TPSA) is 42.4 Å². The number of aliphatic hydroxyl groups is 1. The van der Waals surface area contributed by atoms with E-state index in [-0.39, 0.29) is 0 Å². The Labute approximate surface area is 95.1 Å². The van der Waals surface area contributed by atoms with E-state index in [0.717, 1.165) is 28.4 Å². The largest absolute Gasteiger partial charge is 0.385 e. The van der Waals surface area contributed by atoms with Crippen molar-refractivity contribution in [2.24, 2.45) is 0 Å². The number of nitrogens with zero attached hydrogens (tertiary/aromatic N) is 1. The lowest BCUT2D eigenvalue weighted by molar-refractivity contribution is 0.0814. The highest BCUT2D eigenvalue weighted by atomic mass is 32.1. The van der Waals surface area contributed by atoms with Gasteiger partial charge in [0.15, 0.2) is 0 Å². The third-order valence-corrected chi connectivity index (χ3v) is 3.62. The first-order valence-electron chi connectivity index (χ1n) is 5.19. The molecule has 0 bridgehead atoms. The summed E-state index contributed by atoms with van der Waals surface area (Å²) in [6, 6.07) is 0. The van der Waals surface area contributed by atoms with E-state index in [1.807, 2.05) is 0 Å². The van der Waals surface area contributed by atoms with Crippen molar-refractivity contribution in [3.8, 4) is 0 Å². The monoisotopic (exact) mass is 229 g/mol. The molecular weight excluding hydrogens is 210 g/mol. The van der Waals surface area contributed by atoms with Crippen molar-refractivity contribution in [3.63, 3.8) is 0 Å². The van der Waals surface area contributed by atoms with E-state index in [9.17, 15) is 5.11 Å². The quantitative estimate of drug-likeness (QED) is 0.841. The lowest BCUT2D eigenvalue weighted by Crippen LogP contribution is -2.15. The lowest BCUT2D eigenvalue weighted by atomic mass is 10.1. The van der Waals surface area contributed by atoms with Crippen molar-refractivity contribution in [1.82, 2.24) is 4.98 Å². The number of hydrogen-bond donors (Lipinski definition) is 1. The Morgan fingerprint density at radius 1 is 1.47 bits per heavy atom. The number of thiazole rings is 1. The summed E-state index contributed by atoms with van der Waals surface area (Å²) in [6.45, 7) is 6.35. The summed E-state index contributed by atoms with van der Waals surface area (Å²) in [6.07, 6.45) is 1.69. The van der Waals surface area contributed by atoms with Gasteiger partial charge >= 0.3 is 0 Å². The minimum Gasteiger partial charge on any atom is -0.385 e. The number of methoxy groups -OCH3 is 1.